The first-order chi connectivity index (χ1) is 8.84. The summed E-state index contributed by atoms with van der Waals surface area (Å²) in [6.45, 7) is 5.53. The predicted octanol–water partition coefficient (Wildman–Crippen LogP) is -3.33. The van der Waals surface area contributed by atoms with Crippen LogP contribution in [0, 0.1) is 0 Å². The van der Waals surface area contributed by atoms with Gasteiger partial charge in [-0.15, -0.1) is 0 Å². The minimum absolute atomic E-state index is 0. The van der Waals surface area contributed by atoms with E-state index in [-0.39, 0.29) is 75.4 Å². The molecule has 0 aliphatic heterocycles. The van der Waals surface area contributed by atoms with E-state index >= 15 is 0 Å². The van der Waals surface area contributed by atoms with E-state index < -0.39 is 23.9 Å². The standard InChI is InChI=1S/C2H8N2.4C2H4O2.4Li.4H/c3-1-2-4;4*1-2(3)4;;;;;;;;/h1-4H2;4*1H3,(H,3,4);;;;;;;;. The molecule has 0 aromatic carbocycles. The second kappa shape index (κ2) is 56.7. The zero-order chi connectivity index (χ0) is 17.7. The number of hydrogen-bond acceptors (Lipinski definition) is 6. The van der Waals surface area contributed by atoms with E-state index in [1.165, 1.54) is 0 Å². The summed E-state index contributed by atoms with van der Waals surface area (Å²) in [6, 6.07) is 0. The number of carboxylic acids is 4. The van der Waals surface area contributed by atoms with Crippen LogP contribution in [-0.4, -0.2) is 133 Å². The van der Waals surface area contributed by atoms with Crippen LogP contribution in [0.1, 0.15) is 27.7 Å². The van der Waals surface area contributed by atoms with Gasteiger partial charge in [0.15, 0.2) is 0 Å². The van der Waals surface area contributed by atoms with E-state index in [1.807, 2.05) is 0 Å². The van der Waals surface area contributed by atoms with Gasteiger partial charge >= 0.3 is 75.4 Å². The fourth-order valence-corrected chi connectivity index (χ4v) is 0. The first kappa shape index (κ1) is 56.4. The normalized spacial score (nSPS) is 5.42. The predicted molar refractivity (Wildman–Crippen MR) is 99.9 cm³/mol. The molecule has 0 unspecified atom stereocenters. The van der Waals surface area contributed by atoms with Crippen molar-refractivity contribution < 1.29 is 39.6 Å². The Hall–Kier alpha value is 0.190. The molecule has 0 aliphatic rings. The Morgan fingerprint density at radius 3 is 0.583 bits per heavy atom. The van der Waals surface area contributed by atoms with Crippen molar-refractivity contribution in [3.05, 3.63) is 0 Å². The number of hydrogen-bond donors (Lipinski definition) is 6. The van der Waals surface area contributed by atoms with Crippen molar-refractivity contribution >= 4 is 99.3 Å². The molecule has 0 heterocycles. The van der Waals surface area contributed by atoms with E-state index in [2.05, 4.69) is 0 Å². The molecule has 0 amide bonds. The summed E-state index contributed by atoms with van der Waals surface area (Å²) in [6.07, 6.45) is 0. The van der Waals surface area contributed by atoms with Crippen molar-refractivity contribution in [3.8, 4) is 0 Å². The van der Waals surface area contributed by atoms with Crippen LogP contribution in [-0.2, 0) is 19.2 Å². The average molecular weight is 332 g/mol. The molecule has 8 N–H and O–H groups in total. The van der Waals surface area contributed by atoms with E-state index in [1.54, 1.807) is 0 Å². The third kappa shape index (κ3) is 7040. The van der Waals surface area contributed by atoms with Crippen LogP contribution >= 0.6 is 0 Å². The Kier molecular flexibility index (Phi) is 133. The van der Waals surface area contributed by atoms with Crippen molar-refractivity contribution in [2.75, 3.05) is 13.1 Å². The SMILES string of the molecule is CC(=O)O.CC(=O)O.CC(=O)O.CC(=O)O.NCCN.[LiH].[LiH].[LiH].[LiH]. The van der Waals surface area contributed by atoms with Crippen LogP contribution in [0.2, 0.25) is 0 Å². The van der Waals surface area contributed by atoms with Gasteiger partial charge in [-0.3, -0.25) is 19.2 Å². The Morgan fingerprint density at radius 1 is 0.542 bits per heavy atom. The molecule has 0 fully saturated rings. The summed E-state index contributed by atoms with van der Waals surface area (Å²) in [7, 11) is 0. The maximum absolute atomic E-state index is 9.00. The van der Waals surface area contributed by atoms with Gasteiger partial charge in [-0.05, 0) is 0 Å². The molecule has 0 saturated carbocycles. The van der Waals surface area contributed by atoms with Crippen molar-refractivity contribution in [1.29, 1.82) is 0 Å². The molecule has 24 heavy (non-hydrogen) atoms. The van der Waals surface area contributed by atoms with Crippen molar-refractivity contribution in [2.24, 2.45) is 11.5 Å². The van der Waals surface area contributed by atoms with Crippen molar-refractivity contribution in [1.82, 2.24) is 0 Å². The van der Waals surface area contributed by atoms with Gasteiger partial charge in [0.2, 0.25) is 0 Å². The maximum atomic E-state index is 9.00. The summed E-state index contributed by atoms with van der Waals surface area (Å²) in [5.74, 6) is -3.33. The van der Waals surface area contributed by atoms with E-state index in [4.69, 9.17) is 51.1 Å². The minimum atomic E-state index is -0.833. The van der Waals surface area contributed by atoms with Gasteiger partial charge in [-0.1, -0.05) is 0 Å². The van der Waals surface area contributed by atoms with E-state index in [9.17, 15) is 0 Å². The Balaban J connectivity index is -0.0000000161. The van der Waals surface area contributed by atoms with Gasteiger partial charge < -0.3 is 31.9 Å². The topological polar surface area (TPSA) is 201 Å². The average Bonchev–Trinajstić information content (AvgIpc) is 2.13. The van der Waals surface area contributed by atoms with Gasteiger partial charge in [0.25, 0.3) is 23.9 Å². The molecule has 0 saturated heterocycles. The molecule has 0 bridgehead atoms. The first-order valence-electron chi connectivity index (χ1n) is 5.03. The second-order valence-electron chi connectivity index (χ2n) is 2.65. The van der Waals surface area contributed by atoms with Crippen LogP contribution in [0.4, 0.5) is 0 Å². The first-order valence-corrected chi connectivity index (χ1v) is 5.03. The van der Waals surface area contributed by atoms with Gasteiger partial charge in [-0.25, -0.2) is 0 Å². The monoisotopic (exact) mass is 332 g/mol. The van der Waals surface area contributed by atoms with Crippen LogP contribution in [0.3, 0.4) is 0 Å². The number of carbonyl (C=O) groups is 4. The van der Waals surface area contributed by atoms with Crippen LogP contribution in [0.15, 0.2) is 0 Å². The van der Waals surface area contributed by atoms with Crippen LogP contribution in [0.5, 0.6) is 0 Å². The van der Waals surface area contributed by atoms with Crippen LogP contribution < -0.4 is 11.5 Å². The summed E-state index contributed by atoms with van der Waals surface area (Å²) >= 11 is 0. The summed E-state index contributed by atoms with van der Waals surface area (Å²) in [4.78, 5) is 36.0. The fourth-order valence-electron chi connectivity index (χ4n) is 0. The number of aliphatic carboxylic acids is 4. The van der Waals surface area contributed by atoms with Crippen LogP contribution in [0.25, 0.3) is 0 Å². The Labute approximate surface area is 190 Å². The molecule has 0 aromatic heterocycles. The summed E-state index contributed by atoms with van der Waals surface area (Å²) in [5, 5.41) is 29.7. The zero-order valence-corrected chi connectivity index (χ0v) is 12.0. The van der Waals surface area contributed by atoms with Gasteiger partial charge in [0, 0.05) is 40.8 Å². The van der Waals surface area contributed by atoms with Crippen molar-refractivity contribution in [2.45, 2.75) is 27.7 Å². The van der Waals surface area contributed by atoms with E-state index in [0.717, 1.165) is 27.7 Å². The molecule has 0 spiro atoms. The number of carboxylic acid groups (broad SMARTS) is 4. The molecule has 0 radical (unpaired) electrons. The molecular weight excluding hydrogens is 304 g/mol. The second-order valence-corrected chi connectivity index (χ2v) is 2.65. The molecule has 130 valence electrons. The van der Waals surface area contributed by atoms with Crippen molar-refractivity contribution in [3.63, 3.8) is 0 Å². The zero-order valence-electron chi connectivity index (χ0n) is 12.0. The Morgan fingerprint density at radius 2 is 0.583 bits per heavy atom. The summed E-state index contributed by atoms with van der Waals surface area (Å²) in [5.41, 5.74) is 9.81. The summed E-state index contributed by atoms with van der Waals surface area (Å²) < 4.78 is 0. The Bertz CT molecular complexity index is 205. The molecule has 0 rings (SSSR count). The molecular formula is C10H28Li4N2O8. The van der Waals surface area contributed by atoms with Gasteiger partial charge in [0.1, 0.15) is 0 Å². The molecule has 14 heteroatoms. The molecule has 0 aliphatic carbocycles. The molecule has 10 nitrogen and oxygen atoms in total. The quantitative estimate of drug-likeness (QED) is 0.264. The third-order valence-electron chi connectivity index (χ3n) is 0.167. The molecule has 0 aromatic rings. The number of rotatable bonds is 1. The molecule has 0 atom stereocenters. The van der Waals surface area contributed by atoms with E-state index in [0.29, 0.717) is 13.1 Å². The fraction of sp³-hybridized carbons (Fsp3) is 0.600. The van der Waals surface area contributed by atoms with Gasteiger partial charge in [0.05, 0.1) is 0 Å². The third-order valence-corrected chi connectivity index (χ3v) is 0.167. The van der Waals surface area contributed by atoms with Gasteiger partial charge in [-0.2, -0.15) is 0 Å². The number of nitrogens with two attached hydrogens (primary N) is 2.